The minimum atomic E-state index is -0.255. The normalized spacial score (nSPS) is 10.3. The summed E-state index contributed by atoms with van der Waals surface area (Å²) in [4.78, 5) is 18.2. The molecule has 94 valence electrons. The molecule has 0 aliphatic heterocycles. The molecule has 0 amide bonds. The quantitative estimate of drug-likeness (QED) is 0.870. The Bertz CT molecular complexity index is 620. The van der Waals surface area contributed by atoms with E-state index in [9.17, 15) is 9.90 Å². The SMILES string of the molecule is CCc1nc(Oc2cccc(O)c2C)cc(=O)[nH]1. The Morgan fingerprint density at radius 1 is 1.44 bits per heavy atom. The summed E-state index contributed by atoms with van der Waals surface area (Å²) in [6.45, 7) is 3.63. The Kier molecular flexibility index (Phi) is 3.32. The van der Waals surface area contributed by atoms with Crippen LogP contribution in [0.5, 0.6) is 17.4 Å². The fourth-order valence-corrected chi connectivity index (χ4v) is 1.53. The second-order valence-corrected chi connectivity index (χ2v) is 3.89. The molecule has 0 unspecified atom stereocenters. The van der Waals surface area contributed by atoms with Gasteiger partial charge in [0.15, 0.2) is 0 Å². The van der Waals surface area contributed by atoms with E-state index in [1.54, 1.807) is 25.1 Å². The minimum Gasteiger partial charge on any atom is -0.508 e. The third-order valence-corrected chi connectivity index (χ3v) is 2.57. The van der Waals surface area contributed by atoms with Crippen molar-refractivity contribution < 1.29 is 9.84 Å². The number of benzene rings is 1. The number of aryl methyl sites for hydroxylation is 1. The first-order chi connectivity index (χ1) is 8.60. The number of aromatic amines is 1. The molecule has 2 rings (SSSR count). The van der Waals surface area contributed by atoms with E-state index < -0.39 is 0 Å². The van der Waals surface area contributed by atoms with Crippen LogP contribution in [0.3, 0.4) is 0 Å². The van der Waals surface area contributed by atoms with Crippen molar-refractivity contribution in [2.75, 3.05) is 0 Å². The van der Waals surface area contributed by atoms with Crippen LogP contribution in [0, 0.1) is 6.92 Å². The molecule has 0 aliphatic carbocycles. The van der Waals surface area contributed by atoms with Gasteiger partial charge in [-0.2, -0.15) is 4.98 Å². The molecule has 18 heavy (non-hydrogen) atoms. The molecule has 0 aliphatic rings. The molecule has 2 N–H and O–H groups in total. The standard InChI is InChI=1S/C13H14N2O3/c1-3-11-14-12(17)7-13(15-11)18-10-6-4-5-9(16)8(10)2/h4-7,16H,3H2,1-2H3,(H,14,15,17). The van der Waals surface area contributed by atoms with Crippen LogP contribution in [-0.2, 0) is 6.42 Å². The molecule has 5 nitrogen and oxygen atoms in total. The highest BCUT2D eigenvalue weighted by atomic mass is 16.5. The third-order valence-electron chi connectivity index (χ3n) is 2.57. The molecule has 0 atom stereocenters. The lowest BCUT2D eigenvalue weighted by molar-refractivity contribution is 0.436. The number of hydrogen-bond donors (Lipinski definition) is 2. The monoisotopic (exact) mass is 246 g/mol. The molecule has 1 aromatic carbocycles. The van der Waals surface area contributed by atoms with Crippen LogP contribution in [0.25, 0.3) is 0 Å². The van der Waals surface area contributed by atoms with Gasteiger partial charge < -0.3 is 14.8 Å². The highest BCUT2D eigenvalue weighted by Gasteiger charge is 2.07. The highest BCUT2D eigenvalue weighted by molar-refractivity contribution is 5.43. The van der Waals surface area contributed by atoms with E-state index in [4.69, 9.17) is 4.74 Å². The van der Waals surface area contributed by atoms with Crippen molar-refractivity contribution in [3.63, 3.8) is 0 Å². The molecule has 5 heteroatoms. The van der Waals surface area contributed by atoms with Crippen LogP contribution < -0.4 is 10.3 Å². The number of aromatic nitrogens is 2. The maximum atomic E-state index is 11.4. The van der Waals surface area contributed by atoms with Crippen molar-refractivity contribution in [3.8, 4) is 17.4 Å². The molecular weight excluding hydrogens is 232 g/mol. The van der Waals surface area contributed by atoms with E-state index in [-0.39, 0.29) is 17.2 Å². The number of nitrogens with one attached hydrogen (secondary N) is 1. The van der Waals surface area contributed by atoms with Crippen LogP contribution in [0.1, 0.15) is 18.3 Å². The lowest BCUT2D eigenvalue weighted by Gasteiger charge is -2.09. The predicted octanol–water partition coefficient (Wildman–Crippen LogP) is 2.14. The fourth-order valence-electron chi connectivity index (χ4n) is 1.53. The van der Waals surface area contributed by atoms with Crippen molar-refractivity contribution in [3.05, 3.63) is 46.0 Å². The van der Waals surface area contributed by atoms with E-state index in [1.807, 2.05) is 6.92 Å². The molecule has 0 saturated carbocycles. The number of hydrogen-bond acceptors (Lipinski definition) is 4. The van der Waals surface area contributed by atoms with Gasteiger partial charge in [-0.25, -0.2) is 0 Å². The van der Waals surface area contributed by atoms with Crippen LogP contribution in [-0.4, -0.2) is 15.1 Å². The summed E-state index contributed by atoms with van der Waals surface area (Å²) in [6, 6.07) is 6.24. The first kappa shape index (κ1) is 12.2. The van der Waals surface area contributed by atoms with Gasteiger partial charge in [0.05, 0.1) is 6.07 Å². The molecule has 1 heterocycles. The zero-order valence-corrected chi connectivity index (χ0v) is 10.2. The summed E-state index contributed by atoms with van der Waals surface area (Å²) < 4.78 is 5.52. The zero-order valence-electron chi connectivity index (χ0n) is 10.2. The van der Waals surface area contributed by atoms with E-state index in [0.717, 1.165) is 0 Å². The number of phenols is 1. The Balaban J connectivity index is 2.37. The van der Waals surface area contributed by atoms with Gasteiger partial charge in [0, 0.05) is 12.0 Å². The van der Waals surface area contributed by atoms with Crippen LogP contribution in [0.15, 0.2) is 29.1 Å². The van der Waals surface area contributed by atoms with Crippen LogP contribution >= 0.6 is 0 Å². The number of rotatable bonds is 3. The Morgan fingerprint density at radius 2 is 2.22 bits per heavy atom. The lowest BCUT2D eigenvalue weighted by Crippen LogP contribution is -2.10. The van der Waals surface area contributed by atoms with E-state index in [0.29, 0.717) is 23.6 Å². The van der Waals surface area contributed by atoms with E-state index >= 15 is 0 Å². The van der Waals surface area contributed by atoms with Crippen molar-refractivity contribution in [2.45, 2.75) is 20.3 Å². The number of ether oxygens (including phenoxy) is 1. The minimum absolute atomic E-state index is 0.146. The molecule has 2 aromatic rings. The smallest absolute Gasteiger partial charge is 0.254 e. The fraction of sp³-hybridized carbons (Fsp3) is 0.231. The van der Waals surface area contributed by atoms with Gasteiger partial charge >= 0.3 is 0 Å². The second kappa shape index (κ2) is 4.91. The Labute approximate surface area is 104 Å². The van der Waals surface area contributed by atoms with Crippen LogP contribution in [0.2, 0.25) is 0 Å². The number of nitrogens with zero attached hydrogens (tertiary/aromatic N) is 1. The number of H-pyrrole nitrogens is 1. The van der Waals surface area contributed by atoms with Crippen molar-refractivity contribution in [2.24, 2.45) is 0 Å². The Hall–Kier alpha value is -2.30. The van der Waals surface area contributed by atoms with Gasteiger partial charge in [-0.05, 0) is 19.1 Å². The average molecular weight is 246 g/mol. The largest absolute Gasteiger partial charge is 0.508 e. The summed E-state index contributed by atoms with van der Waals surface area (Å²) in [5.74, 6) is 1.42. The summed E-state index contributed by atoms with van der Waals surface area (Å²) >= 11 is 0. The topological polar surface area (TPSA) is 75.2 Å². The Morgan fingerprint density at radius 3 is 2.94 bits per heavy atom. The molecule has 1 aromatic heterocycles. The summed E-state index contributed by atoms with van der Waals surface area (Å²) in [5.41, 5.74) is 0.354. The first-order valence-corrected chi connectivity index (χ1v) is 5.67. The van der Waals surface area contributed by atoms with Gasteiger partial charge in [-0.15, -0.1) is 0 Å². The molecule has 0 fully saturated rings. The van der Waals surface area contributed by atoms with E-state index in [1.165, 1.54) is 6.07 Å². The number of phenolic OH excluding ortho intramolecular Hbond substituents is 1. The van der Waals surface area contributed by atoms with Crippen LogP contribution in [0.4, 0.5) is 0 Å². The van der Waals surface area contributed by atoms with Crippen molar-refractivity contribution in [1.29, 1.82) is 0 Å². The van der Waals surface area contributed by atoms with Crippen molar-refractivity contribution in [1.82, 2.24) is 9.97 Å². The lowest BCUT2D eigenvalue weighted by atomic mass is 10.2. The highest BCUT2D eigenvalue weighted by Crippen LogP contribution is 2.28. The molecule has 0 radical (unpaired) electrons. The third kappa shape index (κ3) is 2.51. The van der Waals surface area contributed by atoms with Gasteiger partial charge in [0.2, 0.25) is 5.88 Å². The first-order valence-electron chi connectivity index (χ1n) is 5.67. The van der Waals surface area contributed by atoms with Gasteiger partial charge in [0.1, 0.15) is 17.3 Å². The predicted molar refractivity (Wildman–Crippen MR) is 67.2 cm³/mol. The summed E-state index contributed by atoms with van der Waals surface area (Å²) in [5, 5.41) is 9.57. The zero-order chi connectivity index (χ0) is 13.1. The van der Waals surface area contributed by atoms with Crippen molar-refractivity contribution >= 4 is 0 Å². The maximum Gasteiger partial charge on any atom is 0.254 e. The molecule has 0 spiro atoms. The van der Waals surface area contributed by atoms with E-state index in [2.05, 4.69) is 9.97 Å². The molecule has 0 saturated heterocycles. The van der Waals surface area contributed by atoms with Gasteiger partial charge in [-0.3, -0.25) is 4.79 Å². The summed E-state index contributed by atoms with van der Waals surface area (Å²) in [6.07, 6.45) is 0.617. The van der Waals surface area contributed by atoms with Gasteiger partial charge in [0.25, 0.3) is 5.56 Å². The maximum absolute atomic E-state index is 11.4. The number of aromatic hydroxyl groups is 1. The summed E-state index contributed by atoms with van der Waals surface area (Å²) in [7, 11) is 0. The average Bonchev–Trinajstić information content (AvgIpc) is 2.34. The second-order valence-electron chi connectivity index (χ2n) is 3.89. The molecule has 0 bridgehead atoms. The van der Waals surface area contributed by atoms with Gasteiger partial charge in [-0.1, -0.05) is 13.0 Å². The molecular formula is C13H14N2O3.